The summed E-state index contributed by atoms with van der Waals surface area (Å²) in [6, 6.07) is 4.20. The number of alkyl halides is 3. The van der Waals surface area contributed by atoms with E-state index < -0.39 is 12.8 Å². The fraction of sp³-hybridized carbons (Fsp3) is 0.400. The minimum atomic E-state index is -4.46. The molecule has 172 valence electrons. The molecule has 1 aliphatic rings. The highest BCUT2D eigenvalue weighted by atomic mass is 35.5. The van der Waals surface area contributed by atoms with Crippen LogP contribution in [0.1, 0.15) is 29.4 Å². The summed E-state index contributed by atoms with van der Waals surface area (Å²) in [5.41, 5.74) is 0.945. The first-order valence-corrected chi connectivity index (χ1v) is 10.0. The van der Waals surface area contributed by atoms with E-state index in [0.29, 0.717) is 42.4 Å². The number of hydrogen-bond acceptors (Lipinski definition) is 6. The zero-order chi connectivity index (χ0) is 23.5. The van der Waals surface area contributed by atoms with Crippen LogP contribution in [0.3, 0.4) is 0 Å². The maximum Gasteiger partial charge on any atom is 0.422 e. The molecule has 2 aromatic rings. The first kappa shape index (κ1) is 23.6. The average Bonchev–Trinajstić information content (AvgIpc) is 3.13. The number of pyridine rings is 2. The van der Waals surface area contributed by atoms with Gasteiger partial charge in [0.2, 0.25) is 5.91 Å². The van der Waals surface area contributed by atoms with Gasteiger partial charge in [0.25, 0.3) is 5.91 Å². The van der Waals surface area contributed by atoms with Crippen LogP contribution in [0.5, 0.6) is 5.75 Å². The van der Waals surface area contributed by atoms with Gasteiger partial charge in [0.15, 0.2) is 6.61 Å². The molecule has 0 aliphatic carbocycles. The number of nitrogens with zero attached hydrogens (tertiary/aromatic N) is 3. The Labute approximate surface area is 187 Å². The van der Waals surface area contributed by atoms with Crippen LogP contribution in [0.4, 0.5) is 24.8 Å². The number of halogens is 4. The van der Waals surface area contributed by atoms with Crippen LogP contribution in [0, 0.1) is 6.92 Å². The molecule has 1 fully saturated rings. The van der Waals surface area contributed by atoms with Crippen LogP contribution in [-0.2, 0) is 4.79 Å². The van der Waals surface area contributed by atoms with Gasteiger partial charge in [0.1, 0.15) is 17.4 Å². The number of hydrogen-bond donors (Lipinski definition) is 2. The van der Waals surface area contributed by atoms with Crippen molar-refractivity contribution in [3.63, 3.8) is 0 Å². The van der Waals surface area contributed by atoms with Gasteiger partial charge < -0.3 is 20.3 Å². The van der Waals surface area contributed by atoms with Crippen LogP contribution in [0.25, 0.3) is 0 Å². The summed E-state index contributed by atoms with van der Waals surface area (Å²) in [6.07, 6.45) is -2.65. The van der Waals surface area contributed by atoms with Gasteiger partial charge in [-0.2, -0.15) is 13.2 Å². The average molecular weight is 472 g/mol. The number of rotatable bonds is 6. The Balaban J connectivity index is 1.62. The second kappa shape index (κ2) is 9.60. The SMILES string of the molecule is CC(=O)Nc1cc(C(=O)NC2CCN(c3ncc(OCC(F)(F)F)cc3Cl)C2)cc(C)n1. The smallest absolute Gasteiger partial charge is 0.422 e. The van der Waals surface area contributed by atoms with Crippen LogP contribution in [-0.4, -0.2) is 53.7 Å². The second-order valence-corrected chi connectivity index (χ2v) is 7.76. The van der Waals surface area contributed by atoms with Gasteiger partial charge in [-0.25, -0.2) is 9.97 Å². The molecule has 12 heteroatoms. The molecular formula is C20H21ClF3N5O3. The van der Waals surface area contributed by atoms with Gasteiger partial charge >= 0.3 is 6.18 Å². The summed E-state index contributed by atoms with van der Waals surface area (Å²) >= 11 is 6.19. The molecule has 1 aliphatic heterocycles. The van der Waals surface area contributed by atoms with E-state index in [1.54, 1.807) is 13.0 Å². The Morgan fingerprint density at radius 2 is 2.06 bits per heavy atom. The van der Waals surface area contributed by atoms with Crippen molar-refractivity contribution in [1.82, 2.24) is 15.3 Å². The summed E-state index contributed by atoms with van der Waals surface area (Å²) in [7, 11) is 0. The Kier molecular flexibility index (Phi) is 7.07. The molecule has 0 spiro atoms. The molecular weight excluding hydrogens is 451 g/mol. The van der Waals surface area contributed by atoms with Crippen molar-refractivity contribution in [2.45, 2.75) is 32.5 Å². The minimum absolute atomic E-state index is 0.0804. The van der Waals surface area contributed by atoms with E-state index in [0.717, 1.165) is 0 Å². The lowest BCUT2D eigenvalue weighted by Crippen LogP contribution is -2.37. The molecule has 0 bridgehead atoms. The third kappa shape index (κ3) is 6.46. The third-order valence-electron chi connectivity index (χ3n) is 4.54. The standard InChI is InChI=1S/C20H21ClF3N5O3/c1-11-5-13(6-17(26-11)27-12(2)30)19(31)28-14-3-4-29(9-14)18-16(21)7-15(8-25-18)32-10-20(22,23)24/h5-8,14H,3-4,9-10H2,1-2H3,(H,28,31)(H,26,27,30). The van der Waals surface area contributed by atoms with E-state index >= 15 is 0 Å². The maximum atomic E-state index is 12.7. The normalized spacial score (nSPS) is 16.1. The van der Waals surface area contributed by atoms with Crippen molar-refractivity contribution in [3.05, 3.63) is 40.7 Å². The van der Waals surface area contributed by atoms with E-state index in [1.165, 1.54) is 25.3 Å². The number of ether oxygens (including phenoxy) is 1. The molecule has 32 heavy (non-hydrogen) atoms. The van der Waals surface area contributed by atoms with Crippen molar-refractivity contribution < 1.29 is 27.5 Å². The predicted molar refractivity (Wildman–Crippen MR) is 112 cm³/mol. The van der Waals surface area contributed by atoms with Crippen LogP contribution >= 0.6 is 11.6 Å². The highest BCUT2D eigenvalue weighted by Gasteiger charge is 2.29. The first-order valence-electron chi connectivity index (χ1n) is 9.67. The summed E-state index contributed by atoms with van der Waals surface area (Å²) in [5.74, 6) is 0.00199. The molecule has 3 rings (SSSR count). The number of carbonyl (C=O) groups is 2. The molecule has 2 amide bonds. The van der Waals surface area contributed by atoms with Crippen molar-refractivity contribution in [1.29, 1.82) is 0 Å². The zero-order valence-electron chi connectivity index (χ0n) is 17.3. The molecule has 3 heterocycles. The fourth-order valence-electron chi connectivity index (χ4n) is 3.27. The van der Waals surface area contributed by atoms with Crippen LogP contribution < -0.4 is 20.3 Å². The van der Waals surface area contributed by atoms with Gasteiger partial charge in [0.05, 0.1) is 11.2 Å². The number of aromatic nitrogens is 2. The lowest BCUT2D eigenvalue weighted by Gasteiger charge is -2.20. The first-order chi connectivity index (χ1) is 15.0. The van der Waals surface area contributed by atoms with Gasteiger partial charge in [-0.1, -0.05) is 11.6 Å². The minimum Gasteiger partial charge on any atom is -0.482 e. The number of carbonyl (C=O) groups excluding carboxylic acids is 2. The van der Waals surface area contributed by atoms with Crippen molar-refractivity contribution >= 4 is 35.1 Å². The molecule has 1 atom stereocenters. The van der Waals surface area contributed by atoms with Crippen molar-refractivity contribution in [2.75, 3.05) is 29.9 Å². The van der Waals surface area contributed by atoms with Crippen molar-refractivity contribution in [3.8, 4) is 5.75 Å². The second-order valence-electron chi connectivity index (χ2n) is 7.35. The quantitative estimate of drug-likeness (QED) is 0.670. The van der Waals surface area contributed by atoms with E-state index in [-0.39, 0.29) is 28.6 Å². The molecule has 0 saturated carbocycles. The molecule has 1 unspecified atom stereocenters. The summed E-state index contributed by atoms with van der Waals surface area (Å²) in [4.78, 5) is 34.1. The van der Waals surface area contributed by atoms with Crippen molar-refractivity contribution in [2.24, 2.45) is 0 Å². The zero-order valence-corrected chi connectivity index (χ0v) is 18.0. The van der Waals surface area contributed by atoms with Gasteiger partial charge in [-0.3, -0.25) is 9.59 Å². The molecule has 1 saturated heterocycles. The van der Waals surface area contributed by atoms with E-state index in [1.807, 2.05) is 4.90 Å². The molecule has 2 aromatic heterocycles. The predicted octanol–water partition coefficient (Wildman–Crippen LogP) is 3.35. The Bertz CT molecular complexity index is 1020. The van der Waals surface area contributed by atoms with Gasteiger partial charge in [0, 0.05) is 43.4 Å². The molecule has 0 aromatic carbocycles. The number of aryl methyl sites for hydroxylation is 1. The molecule has 2 N–H and O–H groups in total. The highest BCUT2D eigenvalue weighted by Crippen LogP contribution is 2.30. The molecule has 8 nitrogen and oxygen atoms in total. The molecule has 0 radical (unpaired) electrons. The van der Waals surface area contributed by atoms with Crippen LogP contribution in [0.2, 0.25) is 5.02 Å². The topological polar surface area (TPSA) is 96.5 Å². The maximum absolute atomic E-state index is 12.7. The fourth-order valence-corrected chi connectivity index (χ4v) is 3.55. The Morgan fingerprint density at radius 3 is 2.72 bits per heavy atom. The summed E-state index contributed by atoms with van der Waals surface area (Å²) in [6.45, 7) is 2.61. The number of anilines is 2. The van der Waals surface area contributed by atoms with E-state index in [2.05, 4.69) is 25.3 Å². The summed E-state index contributed by atoms with van der Waals surface area (Å²) in [5, 5.41) is 5.64. The van der Waals surface area contributed by atoms with Crippen LogP contribution in [0.15, 0.2) is 24.4 Å². The van der Waals surface area contributed by atoms with Gasteiger partial charge in [-0.15, -0.1) is 0 Å². The van der Waals surface area contributed by atoms with Gasteiger partial charge in [-0.05, 0) is 25.5 Å². The third-order valence-corrected chi connectivity index (χ3v) is 4.82. The summed E-state index contributed by atoms with van der Waals surface area (Å²) < 4.78 is 41.5. The number of nitrogens with one attached hydrogen (secondary N) is 2. The lowest BCUT2D eigenvalue weighted by molar-refractivity contribution is -0.153. The van der Waals surface area contributed by atoms with E-state index in [9.17, 15) is 22.8 Å². The largest absolute Gasteiger partial charge is 0.482 e. The Hall–Kier alpha value is -3.08. The lowest BCUT2D eigenvalue weighted by atomic mass is 10.2. The number of amides is 2. The monoisotopic (exact) mass is 471 g/mol. The highest BCUT2D eigenvalue weighted by molar-refractivity contribution is 6.33. The Morgan fingerprint density at radius 1 is 1.31 bits per heavy atom. The van der Waals surface area contributed by atoms with E-state index in [4.69, 9.17) is 11.6 Å².